The van der Waals surface area contributed by atoms with Gasteiger partial charge >= 0.3 is 0 Å². The Labute approximate surface area is 120 Å². The SMILES string of the molecule is CC(C)(C)[Si](C)(C)OCCCCCC=C1C=CC=C1. The monoisotopic (exact) mass is 278 g/mol. The summed E-state index contributed by atoms with van der Waals surface area (Å²) < 4.78 is 6.18. The Hall–Kier alpha value is -0.603. The van der Waals surface area contributed by atoms with Crippen LogP contribution in [0.25, 0.3) is 0 Å². The Morgan fingerprint density at radius 3 is 2.26 bits per heavy atom. The third-order valence-corrected chi connectivity index (χ3v) is 8.72. The highest BCUT2D eigenvalue weighted by Crippen LogP contribution is 2.36. The van der Waals surface area contributed by atoms with Crippen molar-refractivity contribution in [2.24, 2.45) is 0 Å². The van der Waals surface area contributed by atoms with E-state index in [1.807, 2.05) is 0 Å². The van der Waals surface area contributed by atoms with Crippen molar-refractivity contribution >= 4 is 8.32 Å². The Balaban J connectivity index is 2.07. The minimum Gasteiger partial charge on any atom is -0.417 e. The summed E-state index contributed by atoms with van der Waals surface area (Å²) in [5, 5.41) is 0.332. The van der Waals surface area contributed by atoms with Crippen LogP contribution in [-0.2, 0) is 4.43 Å². The third kappa shape index (κ3) is 5.92. The molecule has 108 valence electrons. The molecule has 0 saturated heterocycles. The quantitative estimate of drug-likeness (QED) is 0.434. The largest absolute Gasteiger partial charge is 0.417 e. The van der Waals surface area contributed by atoms with E-state index < -0.39 is 8.32 Å². The van der Waals surface area contributed by atoms with E-state index in [0.29, 0.717) is 5.04 Å². The summed E-state index contributed by atoms with van der Waals surface area (Å²) in [6, 6.07) is 0. The predicted octanol–water partition coefficient (Wildman–Crippen LogP) is 5.62. The molecule has 0 unspecified atom stereocenters. The first-order valence-electron chi connectivity index (χ1n) is 7.52. The van der Waals surface area contributed by atoms with E-state index in [1.165, 1.54) is 31.3 Å². The van der Waals surface area contributed by atoms with Crippen LogP contribution in [0.15, 0.2) is 36.0 Å². The summed E-state index contributed by atoms with van der Waals surface area (Å²) in [5.41, 5.74) is 1.36. The second kappa shape index (κ2) is 7.25. The molecule has 0 heterocycles. The molecule has 0 bridgehead atoms. The molecule has 0 atom stereocenters. The molecule has 0 aromatic heterocycles. The van der Waals surface area contributed by atoms with Crippen molar-refractivity contribution in [1.29, 1.82) is 0 Å². The van der Waals surface area contributed by atoms with Gasteiger partial charge in [0.05, 0.1) is 0 Å². The lowest BCUT2D eigenvalue weighted by atomic mass is 10.1. The Morgan fingerprint density at radius 1 is 1.05 bits per heavy atom. The Morgan fingerprint density at radius 2 is 1.68 bits per heavy atom. The molecule has 0 saturated carbocycles. The maximum absolute atomic E-state index is 6.18. The molecular weight excluding hydrogens is 248 g/mol. The summed E-state index contributed by atoms with van der Waals surface area (Å²) in [5.74, 6) is 0. The Bertz CT molecular complexity index is 342. The molecule has 0 spiro atoms. The van der Waals surface area contributed by atoms with E-state index in [-0.39, 0.29) is 0 Å². The van der Waals surface area contributed by atoms with Gasteiger partial charge in [0.1, 0.15) is 0 Å². The van der Waals surface area contributed by atoms with Gasteiger partial charge in [-0.15, -0.1) is 0 Å². The molecule has 0 fully saturated rings. The van der Waals surface area contributed by atoms with Crippen molar-refractivity contribution in [3.63, 3.8) is 0 Å². The first-order chi connectivity index (χ1) is 8.83. The van der Waals surface area contributed by atoms with E-state index in [0.717, 1.165) is 6.61 Å². The molecule has 0 amide bonds. The van der Waals surface area contributed by atoms with Gasteiger partial charge in [0, 0.05) is 6.61 Å². The second-order valence-electron chi connectivity index (χ2n) is 6.88. The van der Waals surface area contributed by atoms with Crippen LogP contribution in [-0.4, -0.2) is 14.9 Å². The maximum atomic E-state index is 6.18. The number of hydrogen-bond acceptors (Lipinski definition) is 1. The van der Waals surface area contributed by atoms with Crippen LogP contribution in [0.2, 0.25) is 18.1 Å². The van der Waals surface area contributed by atoms with Gasteiger partial charge in [-0.2, -0.15) is 0 Å². The summed E-state index contributed by atoms with van der Waals surface area (Å²) >= 11 is 0. The number of unbranched alkanes of at least 4 members (excludes halogenated alkanes) is 3. The smallest absolute Gasteiger partial charge is 0.191 e. The van der Waals surface area contributed by atoms with Crippen LogP contribution in [0.4, 0.5) is 0 Å². The Kier molecular flexibility index (Phi) is 6.28. The van der Waals surface area contributed by atoms with E-state index >= 15 is 0 Å². The first kappa shape index (κ1) is 16.5. The number of allylic oxidation sites excluding steroid dienone is 6. The van der Waals surface area contributed by atoms with Gasteiger partial charge in [0.15, 0.2) is 8.32 Å². The fraction of sp³-hybridized carbons (Fsp3) is 0.647. The number of rotatable bonds is 7. The maximum Gasteiger partial charge on any atom is 0.191 e. The van der Waals surface area contributed by atoms with E-state index in [9.17, 15) is 0 Å². The molecule has 0 aliphatic heterocycles. The van der Waals surface area contributed by atoms with Crippen LogP contribution >= 0.6 is 0 Å². The van der Waals surface area contributed by atoms with Crippen molar-refractivity contribution in [2.75, 3.05) is 6.61 Å². The van der Waals surface area contributed by atoms with Crippen molar-refractivity contribution in [1.82, 2.24) is 0 Å². The minimum absolute atomic E-state index is 0.332. The molecule has 0 aromatic rings. The number of hydrogen-bond donors (Lipinski definition) is 0. The highest BCUT2D eigenvalue weighted by molar-refractivity contribution is 6.74. The average Bonchev–Trinajstić information content (AvgIpc) is 2.79. The normalized spacial score (nSPS) is 15.3. The lowest BCUT2D eigenvalue weighted by molar-refractivity contribution is 0.278. The van der Waals surface area contributed by atoms with Gasteiger partial charge in [-0.05, 0) is 43.0 Å². The van der Waals surface area contributed by atoms with Crippen molar-refractivity contribution in [2.45, 2.75) is 64.6 Å². The van der Waals surface area contributed by atoms with E-state index in [2.05, 4.69) is 64.2 Å². The summed E-state index contributed by atoms with van der Waals surface area (Å²) in [4.78, 5) is 0. The average molecular weight is 279 g/mol. The fourth-order valence-electron chi connectivity index (χ4n) is 1.76. The van der Waals surface area contributed by atoms with Crippen molar-refractivity contribution in [3.05, 3.63) is 36.0 Å². The van der Waals surface area contributed by atoms with Gasteiger partial charge in [-0.25, -0.2) is 0 Å². The third-order valence-electron chi connectivity index (χ3n) is 4.19. The molecule has 1 rings (SSSR count). The van der Waals surface area contributed by atoms with Crippen molar-refractivity contribution in [3.8, 4) is 0 Å². The van der Waals surface area contributed by atoms with Gasteiger partial charge in [0.2, 0.25) is 0 Å². The molecule has 0 N–H and O–H groups in total. The minimum atomic E-state index is -1.52. The van der Waals surface area contributed by atoms with Crippen LogP contribution < -0.4 is 0 Å². The molecule has 19 heavy (non-hydrogen) atoms. The van der Waals surface area contributed by atoms with Crippen molar-refractivity contribution < 1.29 is 4.43 Å². The van der Waals surface area contributed by atoms with Gasteiger partial charge in [-0.1, -0.05) is 57.6 Å². The van der Waals surface area contributed by atoms with Crippen LogP contribution in [0.1, 0.15) is 46.5 Å². The fourth-order valence-corrected chi connectivity index (χ4v) is 2.85. The second-order valence-corrected chi connectivity index (χ2v) is 11.7. The first-order valence-corrected chi connectivity index (χ1v) is 10.4. The summed E-state index contributed by atoms with van der Waals surface area (Å²) in [6.45, 7) is 12.5. The molecule has 1 nitrogen and oxygen atoms in total. The van der Waals surface area contributed by atoms with E-state index in [1.54, 1.807) is 0 Å². The predicted molar refractivity (Wildman–Crippen MR) is 88.0 cm³/mol. The highest BCUT2D eigenvalue weighted by atomic mass is 28.4. The van der Waals surface area contributed by atoms with Gasteiger partial charge in [-0.3, -0.25) is 0 Å². The van der Waals surface area contributed by atoms with Crippen LogP contribution in [0.3, 0.4) is 0 Å². The molecular formula is C17H30OSi. The summed E-state index contributed by atoms with van der Waals surface area (Å²) in [7, 11) is -1.52. The lowest BCUT2D eigenvalue weighted by Gasteiger charge is -2.36. The van der Waals surface area contributed by atoms with Crippen LogP contribution in [0, 0.1) is 0 Å². The molecule has 2 heteroatoms. The lowest BCUT2D eigenvalue weighted by Crippen LogP contribution is -2.40. The topological polar surface area (TPSA) is 9.23 Å². The van der Waals surface area contributed by atoms with Crippen LogP contribution in [0.5, 0.6) is 0 Å². The highest BCUT2D eigenvalue weighted by Gasteiger charge is 2.36. The zero-order valence-corrected chi connectivity index (χ0v) is 14.3. The molecule has 1 aliphatic rings. The zero-order chi connectivity index (χ0) is 14.4. The van der Waals surface area contributed by atoms with Gasteiger partial charge in [0.25, 0.3) is 0 Å². The van der Waals surface area contributed by atoms with Gasteiger partial charge < -0.3 is 4.43 Å². The molecule has 0 radical (unpaired) electrons. The summed E-state index contributed by atoms with van der Waals surface area (Å²) in [6.07, 6.45) is 15.8. The standard InChI is InChI=1S/C17H30OSi/c1-17(2,3)19(4,5)18-15-11-7-6-8-12-16-13-9-10-14-16/h9-10,12-14H,6-8,11,15H2,1-5H3. The molecule has 1 aliphatic carbocycles. The van der Waals surface area contributed by atoms with E-state index in [4.69, 9.17) is 4.43 Å². The zero-order valence-electron chi connectivity index (χ0n) is 13.3. The molecule has 0 aromatic carbocycles.